The van der Waals surface area contributed by atoms with Gasteiger partial charge in [0, 0.05) is 12.5 Å². The molecule has 2 aliphatic rings. The molecule has 0 spiro atoms. The quantitative estimate of drug-likeness (QED) is 0.217. The third-order valence-electron chi connectivity index (χ3n) is 6.93. The minimum absolute atomic E-state index is 0.179. The van der Waals surface area contributed by atoms with Gasteiger partial charge in [-0.2, -0.15) is 0 Å². The van der Waals surface area contributed by atoms with Crippen molar-refractivity contribution in [2.24, 2.45) is 4.99 Å². The van der Waals surface area contributed by atoms with Gasteiger partial charge in [0.1, 0.15) is 5.82 Å². The number of nitrogens with zero attached hydrogens (tertiary/aromatic N) is 2. The number of aryl methyl sites for hydroxylation is 1. The smallest absolute Gasteiger partial charge is 0.308 e. The second kappa shape index (κ2) is 10.6. The number of aromatic nitrogens is 1. The summed E-state index contributed by atoms with van der Waals surface area (Å²) in [5.74, 6) is -0.112. The van der Waals surface area contributed by atoms with Gasteiger partial charge in [0.25, 0.3) is 5.56 Å². The Balaban J connectivity index is 1.55. The Bertz CT molecular complexity index is 1870. The molecule has 3 aromatic carbocycles. The van der Waals surface area contributed by atoms with E-state index in [1.165, 1.54) is 36.0 Å². The molecular formula is C31H24BrFN2O4S. The molecular weight excluding hydrogens is 595 g/mol. The molecule has 1 aliphatic heterocycles. The van der Waals surface area contributed by atoms with E-state index < -0.39 is 5.97 Å². The largest absolute Gasteiger partial charge is 0.490 e. The minimum atomic E-state index is -0.464. The molecule has 0 saturated carbocycles. The van der Waals surface area contributed by atoms with Gasteiger partial charge >= 0.3 is 5.97 Å². The molecule has 0 fully saturated rings. The number of carbonyl (C=O) groups excluding carboxylic acids is 1. The SMILES string of the molecule is CCOc1cc(/C=c2/sc3n(c2=O)[C@H](c2ccc(F)cc2)C2=C(N=3)c3ccccc3CC2)cc(Br)c1OC(C)=O. The molecule has 0 bridgehead atoms. The Morgan fingerprint density at radius 3 is 2.70 bits per heavy atom. The van der Waals surface area contributed by atoms with Crippen LogP contribution in [0.4, 0.5) is 4.39 Å². The first-order chi connectivity index (χ1) is 19.3. The lowest BCUT2D eigenvalue weighted by Gasteiger charge is -2.30. The van der Waals surface area contributed by atoms with Gasteiger partial charge < -0.3 is 9.47 Å². The van der Waals surface area contributed by atoms with Crippen LogP contribution in [-0.4, -0.2) is 17.1 Å². The lowest BCUT2D eigenvalue weighted by Crippen LogP contribution is -2.38. The second-order valence-corrected chi connectivity index (χ2v) is 11.4. The fraction of sp³-hybridized carbons (Fsp3) is 0.194. The molecule has 1 aromatic heterocycles. The van der Waals surface area contributed by atoms with Crippen molar-refractivity contribution in [2.45, 2.75) is 32.7 Å². The van der Waals surface area contributed by atoms with E-state index in [0.717, 1.165) is 35.2 Å². The first-order valence-corrected chi connectivity index (χ1v) is 14.5. The van der Waals surface area contributed by atoms with Crippen LogP contribution in [0.3, 0.4) is 0 Å². The maximum Gasteiger partial charge on any atom is 0.308 e. The van der Waals surface area contributed by atoms with Crippen LogP contribution in [0.15, 0.2) is 80.5 Å². The highest BCUT2D eigenvalue weighted by molar-refractivity contribution is 9.10. The summed E-state index contributed by atoms with van der Waals surface area (Å²) in [5, 5.41) is 0. The standard InChI is InChI=1S/C31H24BrFN2O4S/c1-3-38-25-15-18(14-24(32)29(25)39-17(2)36)16-26-30(37)35-28(20-8-11-21(33)12-9-20)23-13-10-19-6-4-5-7-22(19)27(23)34-31(35)40-26/h4-9,11-12,14-16,28H,3,10,13H2,1-2H3/b26-16+/t28-/m1/s1. The average Bonchev–Trinajstić information content (AvgIpc) is 3.24. The summed E-state index contributed by atoms with van der Waals surface area (Å²) < 4.78 is 27.7. The predicted octanol–water partition coefficient (Wildman–Crippen LogP) is 5.54. The second-order valence-electron chi connectivity index (χ2n) is 9.52. The van der Waals surface area contributed by atoms with Crippen LogP contribution in [0.1, 0.15) is 48.6 Å². The van der Waals surface area contributed by atoms with Crippen molar-refractivity contribution < 1.29 is 18.7 Å². The zero-order chi connectivity index (χ0) is 28.0. The highest BCUT2D eigenvalue weighted by Crippen LogP contribution is 2.41. The maximum atomic E-state index is 14.0. The highest BCUT2D eigenvalue weighted by Gasteiger charge is 2.32. The molecule has 0 amide bonds. The third kappa shape index (κ3) is 4.73. The Morgan fingerprint density at radius 1 is 1.18 bits per heavy atom. The van der Waals surface area contributed by atoms with E-state index in [1.807, 2.05) is 19.1 Å². The summed E-state index contributed by atoms with van der Waals surface area (Å²) in [6.07, 6.45) is 3.38. The molecule has 0 radical (unpaired) electrons. The van der Waals surface area contributed by atoms with Crippen molar-refractivity contribution in [1.82, 2.24) is 4.57 Å². The molecule has 4 aromatic rings. The fourth-order valence-corrected chi connectivity index (χ4v) is 6.84. The average molecular weight is 620 g/mol. The number of hydrogen-bond donors (Lipinski definition) is 0. The molecule has 0 saturated heterocycles. The number of halogens is 2. The van der Waals surface area contributed by atoms with Crippen molar-refractivity contribution >= 4 is 45.0 Å². The topological polar surface area (TPSA) is 69.9 Å². The van der Waals surface area contributed by atoms with Gasteiger partial charge in [-0.05, 0) is 88.3 Å². The summed E-state index contributed by atoms with van der Waals surface area (Å²) in [5.41, 5.74) is 5.59. The predicted molar refractivity (Wildman–Crippen MR) is 156 cm³/mol. The van der Waals surface area contributed by atoms with Crippen molar-refractivity contribution in [2.75, 3.05) is 6.61 Å². The van der Waals surface area contributed by atoms with E-state index >= 15 is 0 Å². The van der Waals surface area contributed by atoms with Gasteiger partial charge in [-0.3, -0.25) is 14.2 Å². The van der Waals surface area contributed by atoms with Gasteiger partial charge in [-0.25, -0.2) is 9.38 Å². The van der Waals surface area contributed by atoms with E-state index in [1.54, 1.807) is 34.9 Å². The molecule has 1 aliphatic carbocycles. The maximum absolute atomic E-state index is 14.0. The number of benzene rings is 3. The van der Waals surface area contributed by atoms with Gasteiger partial charge in [0.2, 0.25) is 0 Å². The summed E-state index contributed by atoms with van der Waals surface area (Å²) in [4.78, 5) is 31.2. The van der Waals surface area contributed by atoms with Crippen molar-refractivity contribution in [3.63, 3.8) is 0 Å². The van der Waals surface area contributed by atoms with Crippen LogP contribution in [0.25, 0.3) is 11.8 Å². The zero-order valence-electron chi connectivity index (χ0n) is 21.7. The van der Waals surface area contributed by atoms with E-state index in [9.17, 15) is 14.0 Å². The van der Waals surface area contributed by atoms with Crippen LogP contribution >= 0.6 is 27.3 Å². The lowest BCUT2D eigenvalue weighted by molar-refractivity contribution is -0.132. The number of fused-ring (bicyclic) bond motifs is 3. The molecule has 9 heteroatoms. The summed E-state index contributed by atoms with van der Waals surface area (Å²) in [6, 6.07) is 17.7. The van der Waals surface area contributed by atoms with E-state index in [0.29, 0.717) is 31.7 Å². The van der Waals surface area contributed by atoms with Crippen LogP contribution in [0.5, 0.6) is 11.5 Å². The van der Waals surface area contributed by atoms with Crippen LogP contribution in [0.2, 0.25) is 0 Å². The van der Waals surface area contributed by atoms with Crippen molar-refractivity contribution in [1.29, 1.82) is 0 Å². The summed E-state index contributed by atoms with van der Waals surface area (Å²) >= 11 is 4.78. The summed E-state index contributed by atoms with van der Waals surface area (Å²) in [7, 11) is 0. The number of hydrogen-bond acceptors (Lipinski definition) is 6. The Morgan fingerprint density at radius 2 is 1.95 bits per heavy atom. The Kier molecular flexibility index (Phi) is 7.02. The summed E-state index contributed by atoms with van der Waals surface area (Å²) in [6.45, 7) is 3.54. The van der Waals surface area contributed by atoms with Crippen molar-refractivity contribution in [3.05, 3.63) is 118 Å². The van der Waals surface area contributed by atoms with Gasteiger partial charge in [0.05, 0.1) is 27.4 Å². The van der Waals surface area contributed by atoms with Crippen molar-refractivity contribution in [3.8, 4) is 11.5 Å². The Hall–Kier alpha value is -3.82. The number of carbonyl (C=O) groups is 1. The number of esters is 1. The zero-order valence-corrected chi connectivity index (χ0v) is 24.1. The van der Waals surface area contributed by atoms with E-state index in [-0.39, 0.29) is 23.2 Å². The number of thiazole rings is 1. The molecule has 40 heavy (non-hydrogen) atoms. The molecule has 202 valence electrons. The van der Waals surface area contributed by atoms with Crippen LogP contribution in [-0.2, 0) is 11.2 Å². The molecule has 0 N–H and O–H groups in total. The highest BCUT2D eigenvalue weighted by atomic mass is 79.9. The molecule has 6 nitrogen and oxygen atoms in total. The minimum Gasteiger partial charge on any atom is -0.490 e. The lowest BCUT2D eigenvalue weighted by atomic mass is 9.83. The van der Waals surface area contributed by atoms with Crippen LogP contribution < -0.4 is 24.4 Å². The number of allylic oxidation sites excluding steroid dienone is 1. The Labute approximate surface area is 241 Å². The monoisotopic (exact) mass is 618 g/mol. The molecule has 2 heterocycles. The fourth-order valence-electron chi connectivity index (χ4n) is 5.30. The molecule has 6 rings (SSSR count). The van der Waals surface area contributed by atoms with E-state index in [2.05, 4.69) is 28.1 Å². The first-order valence-electron chi connectivity index (χ1n) is 12.9. The molecule has 1 atom stereocenters. The normalized spacial score (nSPS) is 16.1. The van der Waals surface area contributed by atoms with Crippen LogP contribution in [0, 0.1) is 5.82 Å². The van der Waals surface area contributed by atoms with Gasteiger partial charge in [-0.1, -0.05) is 47.7 Å². The first kappa shape index (κ1) is 26.4. The number of ether oxygens (including phenoxy) is 2. The van der Waals surface area contributed by atoms with E-state index in [4.69, 9.17) is 14.5 Å². The van der Waals surface area contributed by atoms with Gasteiger partial charge in [0.15, 0.2) is 16.3 Å². The van der Waals surface area contributed by atoms with Gasteiger partial charge in [-0.15, -0.1) is 0 Å². The molecule has 0 unspecified atom stereocenters. The third-order valence-corrected chi connectivity index (χ3v) is 8.51. The number of rotatable bonds is 5.